The van der Waals surface area contributed by atoms with Gasteiger partial charge in [0.1, 0.15) is 17.2 Å². The molecule has 2 bridgehead atoms. The molecule has 244 valence electrons. The van der Waals surface area contributed by atoms with Crippen molar-refractivity contribution in [1.29, 1.82) is 0 Å². The van der Waals surface area contributed by atoms with E-state index in [9.17, 15) is 23.4 Å². The summed E-state index contributed by atoms with van der Waals surface area (Å²) in [5.41, 5.74) is 1.76. The van der Waals surface area contributed by atoms with E-state index in [1.807, 2.05) is 38.1 Å². The SMILES string of the molecule is COc1ccc(S(=O)(=O)N(CC(C)C)C[C@@H](O)[C@@H]2Cc3ccc(cc3)OCCCCCCCc3c(O)cccc3C(=O)N2)cc1. The first-order valence-corrected chi connectivity index (χ1v) is 17.2. The van der Waals surface area contributed by atoms with Crippen LogP contribution in [0, 0.1) is 5.92 Å². The van der Waals surface area contributed by atoms with Crippen LogP contribution in [0.2, 0.25) is 0 Å². The normalized spacial score (nSPS) is 17.6. The van der Waals surface area contributed by atoms with Gasteiger partial charge in [0.05, 0.1) is 30.8 Å². The second kappa shape index (κ2) is 16.1. The van der Waals surface area contributed by atoms with Crippen molar-refractivity contribution < 1.29 is 32.9 Å². The molecule has 0 aromatic heterocycles. The molecule has 3 aromatic rings. The number of aliphatic hydroxyl groups excluding tert-OH is 1. The number of methoxy groups -OCH3 is 1. The van der Waals surface area contributed by atoms with Gasteiger partial charge in [0, 0.05) is 24.2 Å². The van der Waals surface area contributed by atoms with Gasteiger partial charge < -0.3 is 25.0 Å². The molecule has 0 unspecified atom stereocenters. The molecule has 0 aliphatic carbocycles. The van der Waals surface area contributed by atoms with E-state index >= 15 is 0 Å². The molecule has 3 aromatic carbocycles. The van der Waals surface area contributed by atoms with Crippen molar-refractivity contribution in [3.8, 4) is 17.2 Å². The van der Waals surface area contributed by atoms with Crippen LogP contribution in [0.25, 0.3) is 0 Å². The molecule has 1 amide bonds. The average molecular weight is 639 g/mol. The standard InChI is InChI=1S/C35H46N2O7S/c1-25(2)23-37(45(41,42)29-19-17-27(43-3)18-20-29)24-34(39)32-22-26-13-15-28(16-14-26)44-21-8-6-4-5-7-10-30-31(35(40)36-32)11-9-12-33(30)38/h9,11-20,25,32,34,38-39H,4-8,10,21-24H2,1-3H3,(H,36,40)/t32-,34+/m0/s1. The van der Waals surface area contributed by atoms with Crippen LogP contribution in [0.5, 0.6) is 17.2 Å². The lowest BCUT2D eigenvalue weighted by molar-refractivity contribution is 0.0774. The molecule has 2 heterocycles. The number of carbonyl (C=O) groups excluding carboxylic acids is 1. The van der Waals surface area contributed by atoms with Gasteiger partial charge in [-0.05, 0) is 85.7 Å². The number of phenolic OH excluding ortho intramolecular Hbond substituents is 1. The van der Waals surface area contributed by atoms with Gasteiger partial charge in [-0.15, -0.1) is 0 Å². The Hall–Kier alpha value is -3.60. The molecule has 9 nitrogen and oxygen atoms in total. The molecule has 3 N–H and O–H groups in total. The minimum atomic E-state index is -3.98. The Morgan fingerprint density at radius 3 is 2.33 bits per heavy atom. The Labute approximate surface area is 267 Å². The molecular formula is C35H46N2O7S. The summed E-state index contributed by atoms with van der Waals surface area (Å²) in [6.07, 6.45) is 4.32. The molecule has 0 radical (unpaired) electrons. The number of ether oxygens (including phenoxy) is 2. The van der Waals surface area contributed by atoms with Crippen molar-refractivity contribution in [3.63, 3.8) is 0 Å². The van der Waals surface area contributed by atoms with Crippen molar-refractivity contribution in [3.05, 3.63) is 83.4 Å². The maximum absolute atomic E-state index is 13.8. The fraction of sp³-hybridized carbons (Fsp3) is 0.457. The summed E-state index contributed by atoms with van der Waals surface area (Å²) < 4.78 is 39.9. The van der Waals surface area contributed by atoms with E-state index in [0.29, 0.717) is 29.9 Å². The van der Waals surface area contributed by atoms with Crippen LogP contribution in [0.15, 0.2) is 71.6 Å². The molecule has 0 spiro atoms. The van der Waals surface area contributed by atoms with Crippen LogP contribution in [0.1, 0.15) is 67.4 Å². The first-order chi connectivity index (χ1) is 21.6. The topological polar surface area (TPSA) is 125 Å². The molecule has 45 heavy (non-hydrogen) atoms. The minimum Gasteiger partial charge on any atom is -0.508 e. The number of carbonyl (C=O) groups is 1. The lowest BCUT2D eigenvalue weighted by Crippen LogP contribution is -2.51. The third-order valence-corrected chi connectivity index (χ3v) is 9.90. The van der Waals surface area contributed by atoms with E-state index in [1.165, 1.54) is 23.5 Å². The first kappa shape index (κ1) is 34.3. The van der Waals surface area contributed by atoms with E-state index in [1.54, 1.807) is 30.3 Å². The third-order valence-electron chi connectivity index (χ3n) is 8.05. The van der Waals surface area contributed by atoms with Gasteiger partial charge in [-0.1, -0.05) is 51.3 Å². The molecule has 5 rings (SSSR count). The lowest BCUT2D eigenvalue weighted by Gasteiger charge is -2.31. The lowest BCUT2D eigenvalue weighted by atomic mass is 9.97. The maximum atomic E-state index is 13.8. The highest BCUT2D eigenvalue weighted by Gasteiger charge is 2.32. The summed E-state index contributed by atoms with van der Waals surface area (Å²) in [7, 11) is -2.47. The third kappa shape index (κ3) is 9.45. The summed E-state index contributed by atoms with van der Waals surface area (Å²) in [6.45, 7) is 4.39. The number of phenols is 1. The summed E-state index contributed by atoms with van der Waals surface area (Å²) in [5.74, 6) is 0.893. The van der Waals surface area contributed by atoms with Gasteiger partial charge in [-0.3, -0.25) is 4.79 Å². The molecule has 0 saturated carbocycles. The highest BCUT2D eigenvalue weighted by molar-refractivity contribution is 7.89. The minimum absolute atomic E-state index is 0.0208. The number of benzene rings is 3. The van der Waals surface area contributed by atoms with Gasteiger partial charge in [0.15, 0.2) is 0 Å². The van der Waals surface area contributed by atoms with Crippen molar-refractivity contribution in [2.45, 2.75) is 75.8 Å². The van der Waals surface area contributed by atoms with E-state index in [-0.39, 0.29) is 36.1 Å². The average Bonchev–Trinajstić information content (AvgIpc) is 3.02. The quantitative estimate of drug-likeness (QED) is 0.304. The summed E-state index contributed by atoms with van der Waals surface area (Å²) >= 11 is 0. The van der Waals surface area contributed by atoms with Crippen LogP contribution in [-0.4, -0.2) is 67.8 Å². The number of aromatic hydroxyl groups is 1. The van der Waals surface area contributed by atoms with E-state index in [0.717, 1.165) is 43.4 Å². The van der Waals surface area contributed by atoms with Crippen molar-refractivity contribution >= 4 is 15.9 Å². The Kier molecular flexibility index (Phi) is 12.3. The highest BCUT2D eigenvalue weighted by atomic mass is 32.2. The molecule has 0 saturated heterocycles. The summed E-state index contributed by atoms with van der Waals surface area (Å²) in [5, 5.41) is 25.3. The molecule has 2 atom stereocenters. The van der Waals surface area contributed by atoms with Crippen LogP contribution in [0.4, 0.5) is 0 Å². The van der Waals surface area contributed by atoms with Gasteiger partial charge in [0.2, 0.25) is 10.0 Å². The van der Waals surface area contributed by atoms with Gasteiger partial charge >= 0.3 is 0 Å². The zero-order valence-electron chi connectivity index (χ0n) is 26.4. The van der Waals surface area contributed by atoms with Crippen LogP contribution in [-0.2, 0) is 22.9 Å². The van der Waals surface area contributed by atoms with Crippen LogP contribution < -0.4 is 14.8 Å². The maximum Gasteiger partial charge on any atom is 0.252 e. The number of rotatable bonds is 8. The first-order valence-electron chi connectivity index (χ1n) is 15.7. The Morgan fingerprint density at radius 2 is 1.64 bits per heavy atom. The number of hydrogen-bond acceptors (Lipinski definition) is 7. The van der Waals surface area contributed by atoms with Crippen molar-refractivity contribution in [1.82, 2.24) is 9.62 Å². The van der Waals surface area contributed by atoms with E-state index in [2.05, 4.69) is 5.32 Å². The number of aliphatic hydroxyl groups is 1. The number of nitrogens with zero attached hydrogens (tertiary/aromatic N) is 1. The molecule has 0 fully saturated rings. The predicted octanol–water partition coefficient (Wildman–Crippen LogP) is 5.34. The van der Waals surface area contributed by atoms with Crippen LogP contribution >= 0.6 is 0 Å². The second-order valence-electron chi connectivity index (χ2n) is 12.1. The number of sulfonamides is 1. The van der Waals surface area contributed by atoms with Gasteiger partial charge in [-0.25, -0.2) is 8.42 Å². The summed E-state index contributed by atoms with van der Waals surface area (Å²) in [4.78, 5) is 13.9. The van der Waals surface area contributed by atoms with Gasteiger partial charge in [-0.2, -0.15) is 4.31 Å². The molecular weight excluding hydrogens is 592 g/mol. The largest absolute Gasteiger partial charge is 0.508 e. The monoisotopic (exact) mass is 638 g/mol. The zero-order valence-corrected chi connectivity index (χ0v) is 27.3. The number of hydrogen-bond donors (Lipinski definition) is 3. The number of fused-ring (bicyclic) bond motifs is 12. The van der Waals surface area contributed by atoms with Gasteiger partial charge in [0.25, 0.3) is 5.91 Å². The number of nitrogens with one attached hydrogen (secondary N) is 1. The van der Waals surface area contributed by atoms with Crippen LogP contribution in [0.3, 0.4) is 0 Å². The van der Waals surface area contributed by atoms with E-state index < -0.39 is 28.1 Å². The predicted molar refractivity (Wildman–Crippen MR) is 174 cm³/mol. The Bertz CT molecular complexity index is 1490. The zero-order chi connectivity index (χ0) is 32.4. The number of amides is 1. The molecule has 2 aliphatic rings. The smallest absolute Gasteiger partial charge is 0.252 e. The fourth-order valence-electron chi connectivity index (χ4n) is 5.59. The second-order valence-corrected chi connectivity index (χ2v) is 14.0. The molecule has 10 heteroatoms. The Balaban J connectivity index is 1.66. The summed E-state index contributed by atoms with van der Waals surface area (Å²) in [6, 6.07) is 17.7. The highest BCUT2D eigenvalue weighted by Crippen LogP contribution is 2.26. The van der Waals surface area contributed by atoms with E-state index in [4.69, 9.17) is 9.47 Å². The van der Waals surface area contributed by atoms with Crippen molar-refractivity contribution in [2.24, 2.45) is 5.92 Å². The van der Waals surface area contributed by atoms with Crippen molar-refractivity contribution in [2.75, 3.05) is 26.8 Å². The molecule has 2 aliphatic heterocycles. The fourth-order valence-corrected chi connectivity index (χ4v) is 7.21. The Morgan fingerprint density at radius 1 is 0.956 bits per heavy atom.